The van der Waals surface area contributed by atoms with Crippen molar-refractivity contribution in [3.63, 3.8) is 0 Å². The summed E-state index contributed by atoms with van der Waals surface area (Å²) in [6, 6.07) is 4.23. The summed E-state index contributed by atoms with van der Waals surface area (Å²) in [5.74, 6) is 0. The molecule has 0 atom stereocenters. The highest BCUT2D eigenvalue weighted by molar-refractivity contribution is 7.99. The van der Waals surface area contributed by atoms with Gasteiger partial charge in [-0.2, -0.15) is 0 Å². The fourth-order valence-electron chi connectivity index (χ4n) is 2.27. The standard InChI is InChI=1S/C14H22N2S/c1-2-15-11-12-7-6-10-16-14(12)17-13-8-4-3-5-9-13/h6-7,10,13,15H,2-5,8-9,11H2,1H3. The van der Waals surface area contributed by atoms with E-state index in [0.29, 0.717) is 0 Å². The highest BCUT2D eigenvalue weighted by Gasteiger charge is 2.16. The van der Waals surface area contributed by atoms with Crippen molar-refractivity contribution >= 4 is 11.8 Å². The number of nitrogens with zero attached hydrogens (tertiary/aromatic N) is 1. The zero-order valence-corrected chi connectivity index (χ0v) is 11.4. The minimum absolute atomic E-state index is 0.791. The molecule has 2 nitrogen and oxygen atoms in total. The Balaban J connectivity index is 1.98. The van der Waals surface area contributed by atoms with Crippen LogP contribution in [0.5, 0.6) is 0 Å². The second kappa shape index (κ2) is 7.02. The third-order valence-corrected chi connectivity index (χ3v) is 4.64. The summed E-state index contributed by atoms with van der Waals surface area (Å²) in [5, 5.41) is 5.42. The van der Waals surface area contributed by atoms with Crippen molar-refractivity contribution in [1.82, 2.24) is 10.3 Å². The first-order valence-corrected chi connectivity index (χ1v) is 7.59. The van der Waals surface area contributed by atoms with E-state index in [0.717, 1.165) is 18.3 Å². The molecule has 1 heterocycles. The minimum atomic E-state index is 0.791. The van der Waals surface area contributed by atoms with Crippen LogP contribution in [-0.2, 0) is 6.54 Å². The van der Waals surface area contributed by atoms with Gasteiger partial charge in [-0.15, -0.1) is 11.8 Å². The molecule has 94 valence electrons. The molecule has 1 aromatic rings. The van der Waals surface area contributed by atoms with E-state index < -0.39 is 0 Å². The van der Waals surface area contributed by atoms with Gasteiger partial charge in [-0.1, -0.05) is 32.3 Å². The molecule has 1 N–H and O–H groups in total. The van der Waals surface area contributed by atoms with Crippen molar-refractivity contribution in [2.75, 3.05) is 6.54 Å². The van der Waals surface area contributed by atoms with Gasteiger partial charge in [-0.25, -0.2) is 4.98 Å². The summed E-state index contributed by atoms with van der Waals surface area (Å²) in [6.07, 6.45) is 8.86. The summed E-state index contributed by atoms with van der Waals surface area (Å²) >= 11 is 1.99. The van der Waals surface area contributed by atoms with Crippen molar-refractivity contribution in [2.45, 2.75) is 55.8 Å². The molecular weight excluding hydrogens is 228 g/mol. The van der Waals surface area contributed by atoms with Crippen LogP contribution in [0.1, 0.15) is 44.6 Å². The summed E-state index contributed by atoms with van der Waals surface area (Å²) in [5.41, 5.74) is 1.35. The van der Waals surface area contributed by atoms with Crippen LogP contribution in [-0.4, -0.2) is 16.8 Å². The van der Waals surface area contributed by atoms with E-state index >= 15 is 0 Å². The number of pyridine rings is 1. The van der Waals surface area contributed by atoms with E-state index in [9.17, 15) is 0 Å². The number of hydrogen-bond acceptors (Lipinski definition) is 3. The Morgan fingerprint density at radius 2 is 2.18 bits per heavy atom. The number of nitrogens with one attached hydrogen (secondary N) is 1. The van der Waals surface area contributed by atoms with Gasteiger partial charge in [0.05, 0.1) is 0 Å². The van der Waals surface area contributed by atoms with E-state index in [1.165, 1.54) is 42.7 Å². The Labute approximate surface area is 109 Å². The first-order valence-electron chi connectivity index (χ1n) is 6.71. The van der Waals surface area contributed by atoms with Crippen LogP contribution in [0.2, 0.25) is 0 Å². The molecule has 0 bridgehead atoms. The average Bonchev–Trinajstić information content (AvgIpc) is 2.39. The molecule has 0 aliphatic heterocycles. The maximum absolute atomic E-state index is 4.55. The van der Waals surface area contributed by atoms with Crippen LogP contribution >= 0.6 is 11.8 Å². The zero-order chi connectivity index (χ0) is 11.9. The molecule has 0 unspecified atom stereocenters. The lowest BCUT2D eigenvalue weighted by Crippen LogP contribution is -2.14. The molecule has 2 rings (SSSR count). The molecule has 0 spiro atoms. The van der Waals surface area contributed by atoms with E-state index in [-0.39, 0.29) is 0 Å². The Hall–Kier alpha value is -0.540. The fraction of sp³-hybridized carbons (Fsp3) is 0.643. The molecule has 1 aliphatic rings. The zero-order valence-electron chi connectivity index (χ0n) is 10.6. The molecular formula is C14H22N2S. The first-order chi connectivity index (χ1) is 8.40. The Morgan fingerprint density at radius 3 is 2.94 bits per heavy atom. The second-order valence-electron chi connectivity index (χ2n) is 4.63. The topological polar surface area (TPSA) is 24.9 Å². The highest BCUT2D eigenvalue weighted by atomic mass is 32.2. The smallest absolute Gasteiger partial charge is 0.101 e. The molecule has 0 amide bonds. The largest absolute Gasteiger partial charge is 0.313 e. The lowest BCUT2D eigenvalue weighted by atomic mass is 10.0. The lowest BCUT2D eigenvalue weighted by molar-refractivity contribution is 0.515. The fourth-order valence-corrected chi connectivity index (χ4v) is 3.56. The van der Waals surface area contributed by atoms with Gasteiger partial charge in [0, 0.05) is 18.0 Å². The molecule has 1 aromatic heterocycles. The minimum Gasteiger partial charge on any atom is -0.313 e. The molecule has 3 heteroatoms. The Bertz CT molecular complexity index is 335. The van der Waals surface area contributed by atoms with Crippen LogP contribution in [0.3, 0.4) is 0 Å². The predicted molar refractivity (Wildman–Crippen MR) is 74.3 cm³/mol. The number of thioether (sulfide) groups is 1. The summed E-state index contributed by atoms with van der Waals surface area (Å²) in [6.45, 7) is 4.10. The van der Waals surface area contributed by atoms with E-state index in [2.05, 4.69) is 23.3 Å². The van der Waals surface area contributed by atoms with E-state index in [1.807, 2.05) is 24.0 Å². The van der Waals surface area contributed by atoms with Gasteiger partial charge < -0.3 is 5.32 Å². The van der Waals surface area contributed by atoms with Crippen molar-refractivity contribution in [2.24, 2.45) is 0 Å². The van der Waals surface area contributed by atoms with Crippen LogP contribution in [0.25, 0.3) is 0 Å². The number of aromatic nitrogens is 1. The number of hydrogen-bond donors (Lipinski definition) is 1. The second-order valence-corrected chi connectivity index (χ2v) is 5.91. The van der Waals surface area contributed by atoms with Crippen molar-refractivity contribution < 1.29 is 0 Å². The van der Waals surface area contributed by atoms with Crippen LogP contribution in [0.4, 0.5) is 0 Å². The predicted octanol–water partition coefficient (Wildman–Crippen LogP) is 3.62. The highest BCUT2D eigenvalue weighted by Crippen LogP contribution is 2.33. The van der Waals surface area contributed by atoms with Gasteiger partial charge in [0.1, 0.15) is 5.03 Å². The Morgan fingerprint density at radius 1 is 1.35 bits per heavy atom. The Kier molecular flexibility index (Phi) is 5.33. The third-order valence-electron chi connectivity index (χ3n) is 3.25. The lowest BCUT2D eigenvalue weighted by Gasteiger charge is -2.21. The average molecular weight is 250 g/mol. The van der Waals surface area contributed by atoms with Gasteiger partial charge in [0.25, 0.3) is 0 Å². The molecule has 0 saturated heterocycles. The molecule has 17 heavy (non-hydrogen) atoms. The molecule has 1 saturated carbocycles. The number of rotatable bonds is 5. The SMILES string of the molecule is CCNCc1cccnc1SC1CCCCC1. The third kappa shape index (κ3) is 4.00. The van der Waals surface area contributed by atoms with Gasteiger partial charge in [-0.05, 0) is 31.0 Å². The van der Waals surface area contributed by atoms with Crippen LogP contribution in [0.15, 0.2) is 23.4 Å². The summed E-state index contributed by atoms with van der Waals surface area (Å²) < 4.78 is 0. The maximum atomic E-state index is 4.55. The maximum Gasteiger partial charge on any atom is 0.101 e. The van der Waals surface area contributed by atoms with Gasteiger partial charge in [-0.3, -0.25) is 0 Å². The monoisotopic (exact) mass is 250 g/mol. The molecule has 1 aliphatic carbocycles. The van der Waals surface area contributed by atoms with Crippen molar-refractivity contribution in [1.29, 1.82) is 0 Å². The van der Waals surface area contributed by atoms with E-state index in [4.69, 9.17) is 0 Å². The molecule has 0 aromatic carbocycles. The van der Waals surface area contributed by atoms with Gasteiger partial charge >= 0.3 is 0 Å². The molecule has 1 fully saturated rings. The van der Waals surface area contributed by atoms with Crippen LogP contribution < -0.4 is 5.32 Å². The van der Waals surface area contributed by atoms with E-state index in [1.54, 1.807) is 0 Å². The molecule has 0 radical (unpaired) electrons. The van der Waals surface area contributed by atoms with Gasteiger partial charge in [0.2, 0.25) is 0 Å². The first kappa shape index (κ1) is 12.9. The summed E-state index contributed by atoms with van der Waals surface area (Å²) in [4.78, 5) is 4.55. The quantitative estimate of drug-likeness (QED) is 0.864. The van der Waals surface area contributed by atoms with Gasteiger partial charge in [0.15, 0.2) is 0 Å². The summed E-state index contributed by atoms with van der Waals surface area (Å²) in [7, 11) is 0. The normalized spacial score (nSPS) is 17.2. The van der Waals surface area contributed by atoms with Crippen molar-refractivity contribution in [3.8, 4) is 0 Å². The van der Waals surface area contributed by atoms with Crippen molar-refractivity contribution in [3.05, 3.63) is 23.9 Å². The van der Waals surface area contributed by atoms with Crippen LogP contribution in [0, 0.1) is 0 Å².